The van der Waals surface area contributed by atoms with E-state index in [0.29, 0.717) is 12.1 Å². The van der Waals surface area contributed by atoms with Crippen LogP contribution in [0.25, 0.3) is 0 Å². The Balaban J connectivity index is 2.43. The first-order valence-electron chi connectivity index (χ1n) is 5.99. The van der Waals surface area contributed by atoms with Gasteiger partial charge in [0.2, 0.25) is 0 Å². The van der Waals surface area contributed by atoms with Crippen LogP contribution in [0.1, 0.15) is 25.8 Å². The SMILES string of the molecule is CCSCCC(C)NCc1cc(F)c(F)c(F)c1. The number of halogens is 3. The Labute approximate surface area is 110 Å². The second kappa shape index (κ2) is 7.69. The molecule has 0 aromatic heterocycles. The molecule has 0 heterocycles. The Morgan fingerprint density at radius 3 is 2.39 bits per heavy atom. The molecule has 1 N–H and O–H groups in total. The molecule has 0 fully saturated rings. The van der Waals surface area contributed by atoms with E-state index >= 15 is 0 Å². The van der Waals surface area contributed by atoms with Crippen LogP contribution in [0.3, 0.4) is 0 Å². The summed E-state index contributed by atoms with van der Waals surface area (Å²) >= 11 is 1.86. The maximum atomic E-state index is 13.0. The van der Waals surface area contributed by atoms with Crippen molar-refractivity contribution in [1.82, 2.24) is 5.32 Å². The van der Waals surface area contributed by atoms with Crippen LogP contribution in [0.2, 0.25) is 0 Å². The number of thioether (sulfide) groups is 1. The van der Waals surface area contributed by atoms with Crippen molar-refractivity contribution in [3.05, 3.63) is 35.1 Å². The Morgan fingerprint density at radius 2 is 1.83 bits per heavy atom. The summed E-state index contributed by atoms with van der Waals surface area (Å²) in [7, 11) is 0. The van der Waals surface area contributed by atoms with Gasteiger partial charge in [-0.3, -0.25) is 0 Å². The summed E-state index contributed by atoms with van der Waals surface area (Å²) in [6.07, 6.45) is 0.991. The van der Waals surface area contributed by atoms with E-state index in [2.05, 4.69) is 12.2 Å². The molecule has 0 aliphatic carbocycles. The zero-order valence-electron chi connectivity index (χ0n) is 10.6. The fourth-order valence-corrected chi connectivity index (χ4v) is 2.32. The van der Waals surface area contributed by atoms with E-state index < -0.39 is 17.5 Å². The lowest BCUT2D eigenvalue weighted by atomic mass is 10.2. The van der Waals surface area contributed by atoms with E-state index in [1.54, 1.807) is 0 Å². The summed E-state index contributed by atoms with van der Waals surface area (Å²) in [6, 6.07) is 2.32. The van der Waals surface area contributed by atoms with Gasteiger partial charge in [0.05, 0.1) is 0 Å². The lowest BCUT2D eigenvalue weighted by molar-refractivity contribution is 0.442. The summed E-state index contributed by atoms with van der Waals surface area (Å²) < 4.78 is 38.7. The van der Waals surface area contributed by atoms with E-state index in [1.807, 2.05) is 18.7 Å². The predicted octanol–water partition coefficient (Wildman–Crippen LogP) is 3.73. The molecule has 1 rings (SSSR count). The van der Waals surface area contributed by atoms with E-state index in [0.717, 1.165) is 30.1 Å². The van der Waals surface area contributed by atoms with Gasteiger partial charge < -0.3 is 5.32 Å². The third kappa shape index (κ3) is 4.90. The number of benzene rings is 1. The lowest BCUT2D eigenvalue weighted by Gasteiger charge is -2.13. The molecule has 0 amide bonds. The topological polar surface area (TPSA) is 12.0 Å². The van der Waals surface area contributed by atoms with Crippen molar-refractivity contribution in [1.29, 1.82) is 0 Å². The molecule has 1 aromatic rings. The van der Waals surface area contributed by atoms with Crippen molar-refractivity contribution in [3.63, 3.8) is 0 Å². The average molecular weight is 277 g/mol. The molecule has 102 valence electrons. The number of hydrogen-bond acceptors (Lipinski definition) is 2. The molecular weight excluding hydrogens is 259 g/mol. The molecule has 1 unspecified atom stereocenters. The van der Waals surface area contributed by atoms with Crippen molar-refractivity contribution in [2.75, 3.05) is 11.5 Å². The van der Waals surface area contributed by atoms with Crippen LogP contribution in [0.5, 0.6) is 0 Å². The van der Waals surface area contributed by atoms with Gasteiger partial charge in [-0.1, -0.05) is 6.92 Å². The van der Waals surface area contributed by atoms with Gasteiger partial charge in [-0.05, 0) is 42.5 Å². The zero-order chi connectivity index (χ0) is 13.5. The molecule has 0 aliphatic heterocycles. The largest absolute Gasteiger partial charge is 0.310 e. The van der Waals surface area contributed by atoms with E-state index in [9.17, 15) is 13.2 Å². The first kappa shape index (κ1) is 15.4. The van der Waals surface area contributed by atoms with Crippen molar-refractivity contribution in [2.45, 2.75) is 32.9 Å². The second-order valence-corrected chi connectivity index (χ2v) is 5.53. The molecule has 0 saturated heterocycles. The molecule has 0 aliphatic rings. The molecule has 0 saturated carbocycles. The van der Waals surface area contributed by atoms with E-state index in [-0.39, 0.29) is 6.04 Å². The van der Waals surface area contributed by atoms with E-state index in [1.165, 1.54) is 0 Å². The van der Waals surface area contributed by atoms with Crippen LogP contribution in [-0.4, -0.2) is 17.5 Å². The molecule has 1 atom stereocenters. The van der Waals surface area contributed by atoms with Gasteiger partial charge in [-0.15, -0.1) is 0 Å². The summed E-state index contributed by atoms with van der Waals surface area (Å²) in [5, 5.41) is 3.16. The Bertz CT molecular complexity index is 361. The summed E-state index contributed by atoms with van der Waals surface area (Å²) in [4.78, 5) is 0. The smallest absolute Gasteiger partial charge is 0.194 e. The Morgan fingerprint density at radius 1 is 1.22 bits per heavy atom. The van der Waals surface area contributed by atoms with Crippen LogP contribution in [0.4, 0.5) is 13.2 Å². The van der Waals surface area contributed by atoms with Gasteiger partial charge >= 0.3 is 0 Å². The number of rotatable bonds is 7. The van der Waals surface area contributed by atoms with Crippen LogP contribution in [-0.2, 0) is 6.54 Å². The molecule has 5 heteroatoms. The summed E-state index contributed by atoms with van der Waals surface area (Å²) in [6.45, 7) is 4.46. The first-order valence-corrected chi connectivity index (χ1v) is 7.14. The van der Waals surface area contributed by atoms with Gasteiger partial charge in [0, 0.05) is 12.6 Å². The highest BCUT2D eigenvalue weighted by Gasteiger charge is 2.10. The van der Waals surface area contributed by atoms with Crippen molar-refractivity contribution >= 4 is 11.8 Å². The number of hydrogen-bond donors (Lipinski definition) is 1. The summed E-state index contributed by atoms with van der Waals surface area (Å²) in [5.74, 6) is -1.55. The molecule has 0 bridgehead atoms. The van der Waals surface area contributed by atoms with E-state index in [4.69, 9.17) is 0 Å². The van der Waals surface area contributed by atoms with Gasteiger partial charge in [0.25, 0.3) is 0 Å². The Hall–Kier alpha value is -0.680. The van der Waals surface area contributed by atoms with Crippen molar-refractivity contribution < 1.29 is 13.2 Å². The maximum Gasteiger partial charge on any atom is 0.194 e. The predicted molar refractivity (Wildman–Crippen MR) is 70.2 cm³/mol. The van der Waals surface area contributed by atoms with Crippen LogP contribution >= 0.6 is 11.8 Å². The maximum absolute atomic E-state index is 13.0. The zero-order valence-corrected chi connectivity index (χ0v) is 11.4. The standard InChI is InChI=1S/C13H18F3NS/c1-3-18-5-4-9(2)17-8-10-6-11(14)13(16)12(15)7-10/h6-7,9,17H,3-5,8H2,1-2H3. The van der Waals surface area contributed by atoms with Gasteiger partial charge in [-0.2, -0.15) is 11.8 Å². The summed E-state index contributed by atoms with van der Waals surface area (Å²) in [5.41, 5.74) is 0.418. The molecular formula is C13H18F3NS. The molecule has 1 aromatic carbocycles. The highest BCUT2D eigenvalue weighted by atomic mass is 32.2. The average Bonchev–Trinajstić information content (AvgIpc) is 2.33. The number of nitrogens with one attached hydrogen (secondary N) is 1. The fraction of sp³-hybridized carbons (Fsp3) is 0.538. The molecule has 18 heavy (non-hydrogen) atoms. The monoisotopic (exact) mass is 277 g/mol. The third-order valence-corrected chi connectivity index (χ3v) is 3.53. The normalized spacial score (nSPS) is 12.7. The van der Waals surface area contributed by atoms with Crippen molar-refractivity contribution in [2.24, 2.45) is 0 Å². The van der Waals surface area contributed by atoms with Crippen molar-refractivity contribution in [3.8, 4) is 0 Å². The van der Waals surface area contributed by atoms with Gasteiger partial charge in [0.15, 0.2) is 17.5 Å². The highest BCUT2D eigenvalue weighted by molar-refractivity contribution is 7.99. The molecule has 1 nitrogen and oxygen atoms in total. The van der Waals surface area contributed by atoms with Crippen LogP contribution < -0.4 is 5.32 Å². The minimum atomic E-state index is -1.41. The Kier molecular flexibility index (Phi) is 6.57. The lowest BCUT2D eigenvalue weighted by Crippen LogP contribution is -2.26. The van der Waals surface area contributed by atoms with Crippen LogP contribution in [0, 0.1) is 17.5 Å². The fourth-order valence-electron chi connectivity index (χ4n) is 1.51. The minimum Gasteiger partial charge on any atom is -0.310 e. The third-order valence-electron chi connectivity index (χ3n) is 2.60. The molecule has 0 spiro atoms. The first-order chi connectivity index (χ1) is 8.54. The minimum absolute atomic E-state index is 0.264. The van der Waals surface area contributed by atoms with Gasteiger partial charge in [0.1, 0.15) is 0 Å². The molecule has 0 radical (unpaired) electrons. The highest BCUT2D eigenvalue weighted by Crippen LogP contribution is 2.13. The quantitative estimate of drug-likeness (QED) is 0.602. The van der Waals surface area contributed by atoms with Gasteiger partial charge in [-0.25, -0.2) is 13.2 Å². The van der Waals surface area contributed by atoms with Crippen LogP contribution in [0.15, 0.2) is 12.1 Å². The second-order valence-electron chi connectivity index (χ2n) is 4.14.